The molecule has 0 aliphatic carbocycles. The van der Waals surface area contributed by atoms with Gasteiger partial charge < -0.3 is 0 Å². The number of H-pyrrole nitrogens is 1. The van der Waals surface area contributed by atoms with Crippen LogP contribution in [0.15, 0.2) is 28.9 Å². The quantitative estimate of drug-likeness (QED) is 0.625. The molecule has 1 aromatic carbocycles. The maximum Gasteiger partial charge on any atom is 0.150 e. The number of aromatic amines is 1. The van der Waals surface area contributed by atoms with Gasteiger partial charge in [-0.3, -0.25) is 5.10 Å². The lowest BCUT2D eigenvalue weighted by atomic mass is 10.1. The largest absolute Gasteiger partial charge is 0.268 e. The number of nitrogens with one attached hydrogen (secondary N) is 1. The van der Waals surface area contributed by atoms with Crippen molar-refractivity contribution in [2.24, 2.45) is 0 Å². The van der Waals surface area contributed by atoms with Crippen LogP contribution < -0.4 is 0 Å². The first-order chi connectivity index (χ1) is 7.59. The maximum absolute atomic E-state index is 13.8. The number of hydrogen-bond acceptors (Lipinski definition) is 2. The Hall–Kier alpha value is -0.780. The molecule has 0 aliphatic heterocycles. The van der Waals surface area contributed by atoms with E-state index in [0.717, 1.165) is 0 Å². The number of halogens is 3. The summed E-state index contributed by atoms with van der Waals surface area (Å²) in [6, 6.07) is 4.93. The molecular formula is C10H5BrClFN2S. The van der Waals surface area contributed by atoms with Crippen molar-refractivity contribution in [1.29, 1.82) is 0 Å². The molecular weight excluding hydrogens is 315 g/mol. The Morgan fingerprint density at radius 2 is 2.19 bits per heavy atom. The predicted molar refractivity (Wildman–Crippen MR) is 67.5 cm³/mol. The Kier molecular flexibility index (Phi) is 3.37. The minimum absolute atomic E-state index is 0.0521. The van der Waals surface area contributed by atoms with E-state index in [9.17, 15) is 4.39 Å². The van der Waals surface area contributed by atoms with E-state index in [1.807, 2.05) is 0 Å². The zero-order valence-electron chi connectivity index (χ0n) is 7.80. The molecule has 1 aromatic heterocycles. The number of hydrogen-bond donors (Lipinski definition) is 1. The summed E-state index contributed by atoms with van der Waals surface area (Å²) in [5, 5.41) is 6.44. The van der Waals surface area contributed by atoms with Gasteiger partial charge in [-0.2, -0.15) is 5.10 Å². The van der Waals surface area contributed by atoms with Gasteiger partial charge in [0.1, 0.15) is 4.64 Å². The maximum atomic E-state index is 13.8. The molecule has 6 heteroatoms. The highest BCUT2D eigenvalue weighted by Crippen LogP contribution is 2.32. The third-order valence-corrected chi connectivity index (χ3v) is 3.48. The van der Waals surface area contributed by atoms with E-state index in [1.165, 1.54) is 6.20 Å². The molecule has 16 heavy (non-hydrogen) atoms. The van der Waals surface area contributed by atoms with Gasteiger partial charge in [-0.25, -0.2) is 4.39 Å². The molecule has 2 nitrogen and oxygen atoms in total. The van der Waals surface area contributed by atoms with Crippen LogP contribution >= 0.6 is 39.7 Å². The first-order valence-electron chi connectivity index (χ1n) is 4.28. The summed E-state index contributed by atoms with van der Waals surface area (Å²) in [6.45, 7) is 0. The van der Waals surface area contributed by atoms with Crippen LogP contribution in [0.5, 0.6) is 0 Å². The Morgan fingerprint density at radius 1 is 1.44 bits per heavy atom. The van der Waals surface area contributed by atoms with Crippen LogP contribution in [0.2, 0.25) is 5.02 Å². The highest BCUT2D eigenvalue weighted by Gasteiger charge is 2.11. The van der Waals surface area contributed by atoms with Crippen molar-refractivity contribution in [3.8, 4) is 11.1 Å². The van der Waals surface area contributed by atoms with Crippen LogP contribution in [0.1, 0.15) is 0 Å². The topological polar surface area (TPSA) is 28.7 Å². The fourth-order valence-electron chi connectivity index (χ4n) is 1.27. The molecule has 1 N–H and O–H groups in total. The highest BCUT2D eigenvalue weighted by atomic mass is 79.9. The van der Waals surface area contributed by atoms with Crippen molar-refractivity contribution in [2.75, 3.05) is 0 Å². The van der Waals surface area contributed by atoms with Crippen molar-refractivity contribution < 1.29 is 4.39 Å². The molecule has 0 fully saturated rings. The van der Waals surface area contributed by atoms with Crippen molar-refractivity contribution in [1.82, 2.24) is 10.2 Å². The Morgan fingerprint density at radius 3 is 2.88 bits per heavy atom. The van der Waals surface area contributed by atoms with Crippen molar-refractivity contribution >= 4 is 39.7 Å². The van der Waals surface area contributed by atoms with E-state index in [-0.39, 0.29) is 5.02 Å². The lowest BCUT2D eigenvalue weighted by molar-refractivity contribution is 0.630. The van der Waals surface area contributed by atoms with Crippen LogP contribution in [0, 0.1) is 10.5 Å². The molecule has 0 bridgehead atoms. The van der Waals surface area contributed by atoms with E-state index in [1.54, 1.807) is 18.2 Å². The second-order valence-corrected chi connectivity index (χ2v) is 4.73. The van der Waals surface area contributed by atoms with Gasteiger partial charge in [-0.1, -0.05) is 29.9 Å². The van der Waals surface area contributed by atoms with Gasteiger partial charge in [0.25, 0.3) is 0 Å². The van der Waals surface area contributed by atoms with Gasteiger partial charge in [-0.05, 0) is 28.1 Å². The average Bonchev–Trinajstić information content (AvgIpc) is 2.26. The summed E-state index contributed by atoms with van der Waals surface area (Å²) >= 11 is 13.9. The highest BCUT2D eigenvalue weighted by molar-refractivity contribution is 9.10. The molecule has 2 aromatic rings. The fourth-order valence-corrected chi connectivity index (χ4v) is 1.92. The van der Waals surface area contributed by atoms with Gasteiger partial charge in [0.05, 0.1) is 11.2 Å². The van der Waals surface area contributed by atoms with E-state index >= 15 is 0 Å². The molecule has 0 amide bonds. The van der Waals surface area contributed by atoms with Gasteiger partial charge in [0.15, 0.2) is 5.82 Å². The summed E-state index contributed by atoms with van der Waals surface area (Å²) in [5.74, 6) is -0.488. The molecule has 2 rings (SSSR count). The molecule has 0 saturated heterocycles. The average molecular weight is 320 g/mol. The Balaban J connectivity index is 2.66. The van der Waals surface area contributed by atoms with Crippen LogP contribution in [-0.4, -0.2) is 10.2 Å². The Bertz CT molecular complexity index is 600. The first-order valence-corrected chi connectivity index (χ1v) is 5.86. The predicted octanol–water partition coefficient (Wildman–Crippen LogP) is 4.36. The van der Waals surface area contributed by atoms with Crippen LogP contribution in [0.3, 0.4) is 0 Å². The fraction of sp³-hybridized carbons (Fsp3) is 0. The van der Waals surface area contributed by atoms with Crippen LogP contribution in [0.25, 0.3) is 11.1 Å². The number of nitrogens with zero attached hydrogens (tertiary/aromatic N) is 1. The second kappa shape index (κ2) is 4.61. The molecule has 82 valence electrons. The molecule has 0 atom stereocenters. The SMILES string of the molecule is Fc1c(-c2cn[nH]c(=S)c2)ccc(Br)c1Cl. The van der Waals surface area contributed by atoms with Gasteiger partial charge in [0, 0.05) is 15.6 Å². The van der Waals surface area contributed by atoms with Crippen molar-refractivity contribution in [2.45, 2.75) is 0 Å². The van der Waals surface area contributed by atoms with E-state index in [4.69, 9.17) is 23.8 Å². The lowest BCUT2D eigenvalue weighted by Crippen LogP contribution is -1.89. The van der Waals surface area contributed by atoms with Crippen LogP contribution in [0.4, 0.5) is 4.39 Å². The number of aromatic nitrogens is 2. The monoisotopic (exact) mass is 318 g/mol. The molecule has 0 aliphatic rings. The van der Waals surface area contributed by atoms with E-state index < -0.39 is 5.82 Å². The second-order valence-electron chi connectivity index (χ2n) is 3.06. The first kappa shape index (κ1) is 11.7. The van der Waals surface area contributed by atoms with Gasteiger partial charge >= 0.3 is 0 Å². The zero-order valence-corrected chi connectivity index (χ0v) is 11.0. The van der Waals surface area contributed by atoms with Crippen molar-refractivity contribution in [3.63, 3.8) is 0 Å². The van der Waals surface area contributed by atoms with Crippen molar-refractivity contribution in [3.05, 3.63) is 44.3 Å². The lowest BCUT2D eigenvalue weighted by Gasteiger charge is -2.05. The summed E-state index contributed by atoms with van der Waals surface area (Å²) in [7, 11) is 0. The molecule has 0 radical (unpaired) electrons. The molecule has 0 spiro atoms. The molecule has 1 heterocycles. The Labute approximate surface area is 110 Å². The standard InChI is InChI=1S/C10H5BrClFN2S/c11-7-2-1-6(10(13)9(7)12)5-3-8(16)15-14-4-5/h1-4H,(H,15,16). The van der Waals surface area contributed by atoms with E-state index in [2.05, 4.69) is 26.1 Å². The molecule has 0 unspecified atom stereocenters. The van der Waals surface area contributed by atoms with E-state index in [0.29, 0.717) is 20.2 Å². The summed E-state index contributed by atoms with van der Waals surface area (Å²) in [6.07, 6.45) is 1.50. The summed E-state index contributed by atoms with van der Waals surface area (Å²) in [5.41, 5.74) is 0.969. The third kappa shape index (κ3) is 2.16. The normalized spacial score (nSPS) is 10.4. The minimum atomic E-state index is -0.488. The summed E-state index contributed by atoms with van der Waals surface area (Å²) in [4.78, 5) is 0. The van der Waals surface area contributed by atoms with Gasteiger partial charge in [-0.15, -0.1) is 0 Å². The smallest absolute Gasteiger partial charge is 0.150 e. The minimum Gasteiger partial charge on any atom is -0.268 e. The number of benzene rings is 1. The third-order valence-electron chi connectivity index (χ3n) is 2.01. The van der Waals surface area contributed by atoms with Crippen LogP contribution in [-0.2, 0) is 0 Å². The molecule has 0 saturated carbocycles. The van der Waals surface area contributed by atoms with Gasteiger partial charge in [0.2, 0.25) is 0 Å². The summed E-state index contributed by atoms with van der Waals surface area (Å²) < 4.78 is 14.8. The zero-order chi connectivity index (χ0) is 11.7. The number of rotatable bonds is 1.